The highest BCUT2D eigenvalue weighted by molar-refractivity contribution is 5.75. The number of rotatable bonds is 5. The summed E-state index contributed by atoms with van der Waals surface area (Å²) in [6, 6.07) is 0. The zero-order chi connectivity index (χ0) is 8.85. The van der Waals surface area contributed by atoms with E-state index < -0.39 is 12.0 Å². The molecule has 1 unspecified atom stereocenters. The van der Waals surface area contributed by atoms with Crippen molar-refractivity contribution in [2.24, 2.45) is 5.73 Å². The number of nitrogens with two attached hydrogens (primary N) is 1. The molecule has 66 valence electrons. The van der Waals surface area contributed by atoms with E-state index in [9.17, 15) is 4.79 Å². The van der Waals surface area contributed by atoms with Crippen molar-refractivity contribution in [3.8, 4) is 0 Å². The third-order valence-corrected chi connectivity index (χ3v) is 1.16. The molecule has 0 aliphatic rings. The molecule has 11 heavy (non-hydrogen) atoms. The Kier molecular flexibility index (Phi) is 4.76. The Morgan fingerprint density at radius 3 is 2.64 bits per heavy atom. The van der Waals surface area contributed by atoms with Gasteiger partial charge in [0.1, 0.15) is 0 Å². The highest BCUT2D eigenvalue weighted by atomic mass is 16.3. The molecule has 0 spiro atoms. The van der Waals surface area contributed by atoms with Gasteiger partial charge in [0, 0.05) is 6.54 Å². The Balaban J connectivity index is 3.51. The molecule has 0 saturated heterocycles. The highest BCUT2D eigenvalue weighted by Gasteiger charge is 2.07. The van der Waals surface area contributed by atoms with Crippen LogP contribution in [0.4, 0.5) is 0 Å². The molecule has 5 nitrogen and oxygen atoms in total. The number of primary amides is 1. The maximum absolute atomic E-state index is 10.3. The summed E-state index contributed by atoms with van der Waals surface area (Å²) in [5.41, 5.74) is 4.89. The average molecular weight is 162 g/mol. The molecular formula is C6H14N2O3. The summed E-state index contributed by atoms with van der Waals surface area (Å²) < 4.78 is 0. The number of carbonyl (C=O) groups excluding carboxylic acids is 1. The van der Waals surface area contributed by atoms with Crippen LogP contribution in [0.5, 0.6) is 0 Å². The van der Waals surface area contributed by atoms with Gasteiger partial charge in [0.25, 0.3) is 0 Å². The maximum Gasteiger partial charge on any atom is 0.231 e. The van der Waals surface area contributed by atoms with E-state index in [1.807, 2.05) is 0 Å². The molecule has 5 heteroatoms. The van der Waals surface area contributed by atoms with Gasteiger partial charge in [0.2, 0.25) is 5.91 Å². The molecule has 0 bridgehead atoms. The normalized spacial score (nSPS) is 13.5. The van der Waals surface area contributed by atoms with Crippen molar-refractivity contribution in [2.45, 2.75) is 6.10 Å². The zero-order valence-electron chi connectivity index (χ0n) is 6.53. The summed E-state index contributed by atoms with van der Waals surface area (Å²) in [5, 5.41) is 17.3. The Morgan fingerprint density at radius 1 is 1.73 bits per heavy atom. The average Bonchev–Trinajstić information content (AvgIpc) is 1.85. The van der Waals surface area contributed by atoms with Crippen molar-refractivity contribution in [1.82, 2.24) is 4.90 Å². The molecule has 0 aromatic carbocycles. The predicted octanol–water partition coefficient (Wildman–Crippen LogP) is -2.24. The van der Waals surface area contributed by atoms with Gasteiger partial charge in [-0.3, -0.25) is 9.69 Å². The monoisotopic (exact) mass is 162 g/mol. The van der Waals surface area contributed by atoms with E-state index in [2.05, 4.69) is 0 Å². The minimum absolute atomic E-state index is 0.0943. The molecule has 0 aromatic rings. The Labute approximate surface area is 65.4 Å². The summed E-state index contributed by atoms with van der Waals surface area (Å²) in [6.07, 6.45) is -0.806. The van der Waals surface area contributed by atoms with Crippen LogP contribution < -0.4 is 5.73 Å². The van der Waals surface area contributed by atoms with Crippen molar-refractivity contribution in [3.63, 3.8) is 0 Å². The van der Waals surface area contributed by atoms with E-state index in [0.29, 0.717) is 0 Å². The van der Waals surface area contributed by atoms with Gasteiger partial charge in [-0.2, -0.15) is 0 Å². The van der Waals surface area contributed by atoms with Gasteiger partial charge in [-0.25, -0.2) is 0 Å². The second-order valence-corrected chi connectivity index (χ2v) is 2.50. The molecule has 1 amide bonds. The van der Waals surface area contributed by atoms with Crippen LogP contribution in [-0.2, 0) is 4.79 Å². The fourth-order valence-electron chi connectivity index (χ4n) is 0.748. The number of likely N-dealkylation sites (N-methyl/N-ethyl adjacent to an activating group) is 1. The molecule has 0 aliphatic carbocycles. The Morgan fingerprint density at radius 2 is 2.27 bits per heavy atom. The number of aliphatic hydroxyl groups is 2. The SMILES string of the molecule is CN(CC(N)=O)CC(O)CO. The van der Waals surface area contributed by atoms with Crippen LogP contribution in [0.15, 0.2) is 0 Å². The summed E-state index contributed by atoms with van der Waals surface area (Å²) in [5.74, 6) is -0.447. The summed E-state index contributed by atoms with van der Waals surface area (Å²) in [6.45, 7) is 0.0413. The van der Waals surface area contributed by atoms with Crippen molar-refractivity contribution < 1.29 is 15.0 Å². The molecule has 0 aromatic heterocycles. The highest BCUT2D eigenvalue weighted by Crippen LogP contribution is 1.86. The number of carbonyl (C=O) groups is 1. The molecule has 1 atom stereocenters. The topological polar surface area (TPSA) is 86.8 Å². The molecule has 0 fully saturated rings. The van der Waals surface area contributed by atoms with Crippen LogP contribution in [0.1, 0.15) is 0 Å². The lowest BCUT2D eigenvalue weighted by Gasteiger charge is -2.16. The van der Waals surface area contributed by atoms with E-state index in [1.54, 1.807) is 11.9 Å². The van der Waals surface area contributed by atoms with E-state index in [-0.39, 0.29) is 19.7 Å². The van der Waals surface area contributed by atoms with Crippen LogP contribution in [0, 0.1) is 0 Å². The third-order valence-electron chi connectivity index (χ3n) is 1.16. The van der Waals surface area contributed by atoms with E-state index in [4.69, 9.17) is 15.9 Å². The number of hydrogen-bond acceptors (Lipinski definition) is 4. The van der Waals surface area contributed by atoms with Gasteiger partial charge in [0.15, 0.2) is 0 Å². The van der Waals surface area contributed by atoms with Crippen LogP contribution in [-0.4, -0.2) is 53.9 Å². The van der Waals surface area contributed by atoms with E-state index in [1.165, 1.54) is 0 Å². The second-order valence-electron chi connectivity index (χ2n) is 2.50. The lowest BCUT2D eigenvalue weighted by molar-refractivity contribution is -0.119. The van der Waals surface area contributed by atoms with E-state index >= 15 is 0 Å². The molecular weight excluding hydrogens is 148 g/mol. The number of aliphatic hydroxyl groups excluding tert-OH is 2. The van der Waals surface area contributed by atoms with Crippen LogP contribution in [0.25, 0.3) is 0 Å². The van der Waals surface area contributed by atoms with E-state index in [0.717, 1.165) is 0 Å². The molecule has 0 aliphatic heterocycles. The molecule has 0 heterocycles. The first kappa shape index (κ1) is 10.3. The summed E-state index contributed by atoms with van der Waals surface area (Å²) >= 11 is 0. The number of amides is 1. The quantitative estimate of drug-likeness (QED) is 0.426. The lowest BCUT2D eigenvalue weighted by Crippen LogP contribution is -2.37. The van der Waals surface area contributed by atoms with Gasteiger partial charge in [-0.1, -0.05) is 0 Å². The molecule has 0 radical (unpaired) electrons. The number of nitrogens with zero attached hydrogens (tertiary/aromatic N) is 1. The third kappa shape index (κ3) is 5.78. The predicted molar refractivity (Wildman–Crippen MR) is 39.8 cm³/mol. The van der Waals surface area contributed by atoms with Crippen molar-refractivity contribution in [1.29, 1.82) is 0 Å². The zero-order valence-corrected chi connectivity index (χ0v) is 6.53. The Bertz CT molecular complexity index is 129. The first-order valence-electron chi connectivity index (χ1n) is 3.32. The van der Waals surface area contributed by atoms with Crippen molar-refractivity contribution >= 4 is 5.91 Å². The fraction of sp³-hybridized carbons (Fsp3) is 0.833. The maximum atomic E-state index is 10.3. The second kappa shape index (κ2) is 5.06. The van der Waals surface area contributed by atoms with Crippen molar-refractivity contribution in [2.75, 3.05) is 26.7 Å². The Hall–Kier alpha value is -0.650. The van der Waals surface area contributed by atoms with Crippen LogP contribution >= 0.6 is 0 Å². The summed E-state index contributed by atoms with van der Waals surface area (Å²) in [4.78, 5) is 11.9. The summed E-state index contributed by atoms with van der Waals surface area (Å²) in [7, 11) is 1.64. The van der Waals surface area contributed by atoms with Gasteiger partial charge >= 0.3 is 0 Å². The lowest BCUT2D eigenvalue weighted by atomic mass is 10.3. The molecule has 0 rings (SSSR count). The first-order valence-corrected chi connectivity index (χ1v) is 3.32. The minimum Gasteiger partial charge on any atom is -0.394 e. The standard InChI is InChI=1S/C6H14N2O3/c1-8(3-6(7)11)2-5(10)4-9/h5,9-10H,2-4H2,1H3,(H2,7,11). The van der Waals surface area contributed by atoms with Crippen LogP contribution in [0.2, 0.25) is 0 Å². The van der Waals surface area contributed by atoms with Gasteiger partial charge in [-0.15, -0.1) is 0 Å². The smallest absolute Gasteiger partial charge is 0.231 e. The van der Waals surface area contributed by atoms with Gasteiger partial charge in [0.05, 0.1) is 19.3 Å². The minimum atomic E-state index is -0.806. The molecule has 0 saturated carbocycles. The van der Waals surface area contributed by atoms with Crippen molar-refractivity contribution in [3.05, 3.63) is 0 Å². The van der Waals surface area contributed by atoms with Gasteiger partial charge in [-0.05, 0) is 7.05 Å². The molecule has 4 N–H and O–H groups in total. The van der Waals surface area contributed by atoms with Gasteiger partial charge < -0.3 is 15.9 Å². The largest absolute Gasteiger partial charge is 0.394 e. The fourth-order valence-corrected chi connectivity index (χ4v) is 0.748. The number of hydrogen-bond donors (Lipinski definition) is 3. The first-order chi connectivity index (χ1) is 5.06. The van der Waals surface area contributed by atoms with Crippen LogP contribution in [0.3, 0.4) is 0 Å².